The number of ether oxygens (including phenoxy) is 1. The van der Waals surface area contributed by atoms with E-state index in [4.69, 9.17) is 4.74 Å². The monoisotopic (exact) mass is 621 g/mol. The number of benzene rings is 1. The minimum atomic E-state index is -0.0801. The van der Waals surface area contributed by atoms with Crippen molar-refractivity contribution in [3.8, 4) is 0 Å². The first kappa shape index (κ1) is 30.2. The molecule has 8 aliphatic rings. The molecule has 0 radical (unpaired) electrons. The molecule has 6 unspecified atom stereocenters. The summed E-state index contributed by atoms with van der Waals surface area (Å²) in [6.07, 6.45) is 15.0. The molecule has 3 N–H and O–H groups in total. The largest absolute Gasteiger partial charge is 0.357 e. The van der Waals surface area contributed by atoms with Gasteiger partial charge in [0.05, 0.1) is 6.10 Å². The van der Waals surface area contributed by atoms with E-state index in [1.165, 1.54) is 80.9 Å². The van der Waals surface area contributed by atoms with Gasteiger partial charge in [-0.1, -0.05) is 36.6 Å². The number of hydrogen-bond acceptors (Lipinski definition) is 7. The zero-order valence-electron chi connectivity index (χ0n) is 27.1. The number of fused-ring (bicyclic) bond motifs is 6. The molecule has 8 fully saturated rings. The van der Waals surface area contributed by atoms with Crippen LogP contribution < -0.4 is 15.4 Å². The molecule has 44 heavy (non-hydrogen) atoms. The number of carbonyl (C=O) groups is 1. The number of nitrogens with zero attached hydrogens (tertiary/aromatic N) is 2. The van der Waals surface area contributed by atoms with Crippen molar-refractivity contribution in [1.82, 2.24) is 25.2 Å². The zero-order valence-corrected chi connectivity index (χ0v) is 27.9. The third-order valence-electron chi connectivity index (χ3n) is 12.6. The lowest BCUT2D eigenvalue weighted by Gasteiger charge is -2.57. The van der Waals surface area contributed by atoms with Gasteiger partial charge in [-0.3, -0.25) is 20.3 Å². The SMILES string of the molecule is Cc1cccc(C)c1C1CC2NC(NSC3CCCC(C3)CN3CCN(C(=O)CC45CC6CC(CC(C6)C4)C5)C[C@@H](C3)O2)N1. The summed E-state index contributed by atoms with van der Waals surface area (Å²) in [6.45, 7) is 9.09. The molecular formula is C36H55N5O2S. The summed E-state index contributed by atoms with van der Waals surface area (Å²) in [4.78, 5) is 19.1. The molecule has 0 spiro atoms. The molecule has 10 bridgehead atoms. The van der Waals surface area contributed by atoms with Gasteiger partial charge in [0.25, 0.3) is 0 Å². The lowest BCUT2D eigenvalue weighted by atomic mass is 9.49. The van der Waals surface area contributed by atoms with Crippen LogP contribution in [-0.2, 0) is 9.53 Å². The fourth-order valence-corrected chi connectivity index (χ4v) is 12.4. The van der Waals surface area contributed by atoms with Gasteiger partial charge >= 0.3 is 0 Å². The summed E-state index contributed by atoms with van der Waals surface area (Å²) in [5.41, 5.74) is 4.36. The molecule has 7 nitrogen and oxygen atoms in total. The van der Waals surface area contributed by atoms with Crippen LogP contribution in [0.4, 0.5) is 0 Å². The third kappa shape index (κ3) is 6.37. The van der Waals surface area contributed by atoms with Gasteiger partial charge in [-0.15, -0.1) is 0 Å². The van der Waals surface area contributed by atoms with Crippen molar-refractivity contribution in [2.24, 2.45) is 29.1 Å². The van der Waals surface area contributed by atoms with E-state index >= 15 is 0 Å². The minimum Gasteiger partial charge on any atom is -0.357 e. The fourth-order valence-electron chi connectivity index (χ4n) is 11.3. The highest BCUT2D eigenvalue weighted by molar-refractivity contribution is 7.98. The standard InChI is InChI=1S/C36H55N5O2S/c1-23-5-3-6-24(2)34(23)31-15-32-38-35(37-31)39-44-30-8-4-7-25(14-30)20-40-9-10-41(22-29(21-40)43-32)33(42)19-36-16-26-11-27(17-36)13-28(12-26)18-36/h3,5-6,25-32,35,37-39H,4,7-22H2,1-2H3/t25?,26?,27?,28?,29-,30?,31?,32?,35?,36?/m1/s1. The molecule has 7 atom stereocenters. The Hall–Kier alpha value is -1.16. The Labute approximate surface area is 269 Å². The number of hydrogen-bond donors (Lipinski definition) is 3. The Morgan fingerprint density at radius 3 is 2.41 bits per heavy atom. The van der Waals surface area contributed by atoms with Crippen molar-refractivity contribution >= 4 is 17.9 Å². The highest BCUT2D eigenvalue weighted by atomic mass is 32.2. The molecule has 9 rings (SSSR count). The molecule has 0 aromatic heterocycles. The summed E-state index contributed by atoms with van der Waals surface area (Å²) >= 11 is 1.93. The summed E-state index contributed by atoms with van der Waals surface area (Å²) < 4.78 is 10.9. The Morgan fingerprint density at radius 1 is 0.909 bits per heavy atom. The lowest BCUT2D eigenvalue weighted by molar-refractivity contribution is -0.142. The average Bonchev–Trinajstić information content (AvgIpc) is 3.16. The lowest BCUT2D eigenvalue weighted by Crippen LogP contribution is -2.62. The molecule has 3 saturated heterocycles. The maximum atomic E-state index is 14.2. The number of carbonyl (C=O) groups excluding carboxylic acids is 1. The van der Waals surface area contributed by atoms with Gasteiger partial charge in [0.2, 0.25) is 5.91 Å². The zero-order chi connectivity index (χ0) is 29.8. The van der Waals surface area contributed by atoms with E-state index in [2.05, 4.69) is 57.2 Å². The summed E-state index contributed by atoms with van der Waals surface area (Å²) in [5, 5.41) is 8.32. The van der Waals surface area contributed by atoms with Gasteiger partial charge in [0.15, 0.2) is 0 Å². The first-order valence-electron chi connectivity index (χ1n) is 18.0. The number of nitrogens with one attached hydrogen (secondary N) is 3. The van der Waals surface area contributed by atoms with Crippen LogP contribution in [0.15, 0.2) is 18.2 Å². The molecule has 242 valence electrons. The summed E-state index contributed by atoms with van der Waals surface area (Å²) in [7, 11) is 0. The van der Waals surface area contributed by atoms with Crippen molar-refractivity contribution in [2.45, 2.75) is 121 Å². The first-order chi connectivity index (χ1) is 21.4. The Bertz CT molecular complexity index is 1160. The average molecular weight is 622 g/mol. The Morgan fingerprint density at radius 2 is 1.66 bits per heavy atom. The van der Waals surface area contributed by atoms with Crippen molar-refractivity contribution in [1.29, 1.82) is 0 Å². The fraction of sp³-hybridized carbons (Fsp3) is 0.806. The van der Waals surface area contributed by atoms with Crippen LogP contribution in [0, 0.1) is 42.9 Å². The Kier molecular flexibility index (Phi) is 8.55. The highest BCUT2D eigenvalue weighted by Gasteiger charge is 2.52. The quantitative estimate of drug-likeness (QED) is 0.386. The van der Waals surface area contributed by atoms with E-state index in [0.717, 1.165) is 69.2 Å². The molecule has 3 aliphatic heterocycles. The number of rotatable bonds is 3. The van der Waals surface area contributed by atoms with Crippen molar-refractivity contribution < 1.29 is 9.53 Å². The first-order valence-corrected chi connectivity index (χ1v) is 18.9. The molecule has 1 aromatic rings. The van der Waals surface area contributed by atoms with E-state index in [-0.39, 0.29) is 30.1 Å². The predicted octanol–water partition coefficient (Wildman–Crippen LogP) is 5.48. The molecular weight excluding hydrogens is 566 g/mol. The van der Waals surface area contributed by atoms with E-state index in [9.17, 15) is 4.79 Å². The predicted molar refractivity (Wildman–Crippen MR) is 177 cm³/mol. The van der Waals surface area contributed by atoms with Crippen molar-refractivity contribution in [3.63, 3.8) is 0 Å². The maximum Gasteiger partial charge on any atom is 0.223 e. The van der Waals surface area contributed by atoms with Gasteiger partial charge in [-0.2, -0.15) is 0 Å². The van der Waals surface area contributed by atoms with Gasteiger partial charge in [0, 0.05) is 56.9 Å². The van der Waals surface area contributed by atoms with E-state index in [1.807, 2.05) is 11.9 Å². The number of amides is 1. The van der Waals surface area contributed by atoms with Crippen molar-refractivity contribution in [3.05, 3.63) is 34.9 Å². The topological polar surface area (TPSA) is 68.9 Å². The molecule has 5 saturated carbocycles. The third-order valence-corrected chi connectivity index (χ3v) is 13.8. The molecule has 5 aliphatic carbocycles. The van der Waals surface area contributed by atoms with E-state index in [0.29, 0.717) is 11.2 Å². The number of aryl methyl sites for hydroxylation is 2. The van der Waals surface area contributed by atoms with Gasteiger partial charge in [0.1, 0.15) is 12.5 Å². The van der Waals surface area contributed by atoms with Crippen LogP contribution in [0.2, 0.25) is 0 Å². The van der Waals surface area contributed by atoms with Crippen LogP contribution in [-0.4, -0.2) is 72.3 Å². The second kappa shape index (κ2) is 12.5. The van der Waals surface area contributed by atoms with Crippen LogP contribution in [0.5, 0.6) is 0 Å². The van der Waals surface area contributed by atoms with Crippen LogP contribution >= 0.6 is 11.9 Å². The van der Waals surface area contributed by atoms with Gasteiger partial charge in [-0.25, -0.2) is 4.72 Å². The van der Waals surface area contributed by atoms with Crippen LogP contribution in [0.3, 0.4) is 0 Å². The van der Waals surface area contributed by atoms with Crippen molar-refractivity contribution in [2.75, 3.05) is 32.7 Å². The van der Waals surface area contributed by atoms with Gasteiger partial charge in [-0.05, 0) is 117 Å². The molecule has 3 heterocycles. The minimum absolute atomic E-state index is 0.0143. The van der Waals surface area contributed by atoms with Crippen LogP contribution in [0.1, 0.15) is 99.8 Å². The summed E-state index contributed by atoms with van der Waals surface area (Å²) in [6, 6.07) is 6.85. The molecule has 1 amide bonds. The normalized spacial score (nSPS) is 43.8. The van der Waals surface area contributed by atoms with E-state index in [1.54, 1.807) is 0 Å². The van der Waals surface area contributed by atoms with Gasteiger partial charge < -0.3 is 9.64 Å². The second-order valence-electron chi connectivity index (χ2n) is 16.2. The summed E-state index contributed by atoms with van der Waals surface area (Å²) in [5.74, 6) is 3.79. The smallest absolute Gasteiger partial charge is 0.223 e. The maximum absolute atomic E-state index is 14.2. The Balaban J connectivity index is 1.03. The molecule has 8 heteroatoms. The highest BCUT2D eigenvalue weighted by Crippen LogP contribution is 2.61. The van der Waals surface area contributed by atoms with E-state index < -0.39 is 0 Å². The second-order valence-corrected chi connectivity index (χ2v) is 17.3. The van der Waals surface area contributed by atoms with Crippen LogP contribution in [0.25, 0.3) is 0 Å². The molecule has 1 aromatic carbocycles.